The fraction of sp³-hybridized carbons (Fsp3) is 1.00. The van der Waals surface area contributed by atoms with Crippen LogP contribution in [0.15, 0.2) is 0 Å². The van der Waals surface area contributed by atoms with Crippen molar-refractivity contribution in [1.82, 2.24) is 24.5 Å². The Morgan fingerprint density at radius 3 is 0.841 bits per heavy atom. The molecule has 0 spiro atoms. The van der Waals surface area contributed by atoms with Crippen molar-refractivity contribution in [3.05, 3.63) is 0 Å². The van der Waals surface area contributed by atoms with Gasteiger partial charge >= 0.3 is 0 Å². The molecule has 0 N–H and O–H groups in total. The zero-order chi connectivity index (χ0) is 34.9. The second kappa shape index (κ2) is 37.2. The lowest BCUT2D eigenvalue weighted by atomic mass is 10.1. The minimum absolute atomic E-state index is 0.689. The number of morpholine rings is 1. The van der Waals surface area contributed by atoms with Crippen LogP contribution in [-0.4, -0.2) is 134 Å². The summed E-state index contributed by atoms with van der Waals surface area (Å²) in [4.78, 5) is 12.4. The Bertz CT molecular complexity index is 467. The van der Waals surface area contributed by atoms with Gasteiger partial charge in [-0.05, 0) is 114 Å². The zero-order valence-electron chi connectivity index (χ0n) is 34.0. The van der Waals surface area contributed by atoms with Gasteiger partial charge in [0, 0.05) is 63.4 Å². The highest BCUT2D eigenvalue weighted by atomic mass is 16.5. The molecular formula is C38H89N5O. The van der Waals surface area contributed by atoms with E-state index in [1.54, 1.807) is 0 Å². The van der Waals surface area contributed by atoms with Crippen molar-refractivity contribution in [3.63, 3.8) is 0 Å². The van der Waals surface area contributed by atoms with Gasteiger partial charge in [0.15, 0.2) is 0 Å². The van der Waals surface area contributed by atoms with Gasteiger partial charge in [-0.1, -0.05) is 61.8 Å². The van der Waals surface area contributed by atoms with Crippen molar-refractivity contribution in [2.24, 2.45) is 0 Å². The van der Waals surface area contributed by atoms with E-state index in [1.165, 1.54) is 84.5 Å². The van der Waals surface area contributed by atoms with Crippen molar-refractivity contribution in [2.45, 2.75) is 167 Å². The minimum atomic E-state index is 0.689. The van der Waals surface area contributed by atoms with E-state index in [-0.39, 0.29) is 0 Å². The van der Waals surface area contributed by atoms with Crippen LogP contribution in [0.1, 0.15) is 143 Å². The molecule has 0 amide bonds. The quantitative estimate of drug-likeness (QED) is 0.308. The summed E-state index contributed by atoms with van der Waals surface area (Å²) in [6, 6.07) is 2.96. The SMILES string of the molecule is CC.CC.CC.CC.CC(C)N1CCCC1.CC(C)N1CCCCC1.CC(C)N1CCN(C)CC1.CC(C)N1CCOCC1. The van der Waals surface area contributed by atoms with E-state index in [1.807, 2.05) is 55.4 Å². The maximum absolute atomic E-state index is 5.21. The van der Waals surface area contributed by atoms with Crippen LogP contribution in [0.25, 0.3) is 0 Å². The molecule has 4 aliphatic rings. The maximum atomic E-state index is 5.21. The Hall–Kier alpha value is -0.240. The average Bonchev–Trinajstić information content (AvgIpc) is 3.63. The number of ether oxygens (including phenoxy) is 1. The number of piperazine rings is 1. The van der Waals surface area contributed by atoms with Crippen LogP contribution >= 0.6 is 0 Å². The molecule has 0 unspecified atom stereocenters. The number of piperidine rings is 1. The molecule has 4 rings (SSSR count). The second-order valence-electron chi connectivity index (χ2n) is 12.2. The first-order valence-electron chi connectivity index (χ1n) is 19.3. The molecule has 0 aromatic heterocycles. The highest BCUT2D eigenvalue weighted by Gasteiger charge is 2.16. The Morgan fingerprint density at radius 1 is 0.341 bits per heavy atom. The summed E-state index contributed by atoms with van der Waals surface area (Å²) >= 11 is 0. The monoisotopic (exact) mass is 632 g/mol. The fourth-order valence-electron chi connectivity index (χ4n) is 5.12. The third kappa shape index (κ3) is 29.2. The molecule has 44 heavy (non-hydrogen) atoms. The number of nitrogens with zero attached hydrogens (tertiary/aromatic N) is 5. The van der Waals surface area contributed by atoms with Crippen LogP contribution in [-0.2, 0) is 4.74 Å². The topological polar surface area (TPSA) is 25.4 Å². The van der Waals surface area contributed by atoms with E-state index >= 15 is 0 Å². The fourth-order valence-corrected chi connectivity index (χ4v) is 5.12. The number of rotatable bonds is 4. The van der Waals surface area contributed by atoms with Crippen molar-refractivity contribution >= 4 is 0 Å². The van der Waals surface area contributed by atoms with Gasteiger partial charge in [0.05, 0.1) is 13.2 Å². The van der Waals surface area contributed by atoms with E-state index in [4.69, 9.17) is 4.74 Å². The molecule has 4 fully saturated rings. The van der Waals surface area contributed by atoms with Gasteiger partial charge in [0.1, 0.15) is 0 Å². The molecule has 0 aromatic carbocycles. The molecule has 0 bridgehead atoms. The normalized spacial score (nSPS) is 19.6. The predicted molar refractivity (Wildman–Crippen MR) is 204 cm³/mol. The van der Waals surface area contributed by atoms with Crippen molar-refractivity contribution in [1.29, 1.82) is 0 Å². The first-order valence-corrected chi connectivity index (χ1v) is 19.3. The number of hydrogen-bond donors (Lipinski definition) is 0. The third-order valence-electron chi connectivity index (χ3n) is 8.04. The summed E-state index contributed by atoms with van der Waals surface area (Å²) in [6.45, 7) is 48.4. The van der Waals surface area contributed by atoms with Gasteiger partial charge in [-0.2, -0.15) is 0 Å². The largest absolute Gasteiger partial charge is 0.379 e. The molecule has 0 radical (unpaired) electrons. The van der Waals surface area contributed by atoms with Gasteiger partial charge in [-0.25, -0.2) is 0 Å². The van der Waals surface area contributed by atoms with Gasteiger partial charge in [-0.3, -0.25) is 9.80 Å². The van der Waals surface area contributed by atoms with Crippen molar-refractivity contribution in [3.8, 4) is 0 Å². The van der Waals surface area contributed by atoms with Crippen LogP contribution in [0.2, 0.25) is 0 Å². The van der Waals surface area contributed by atoms with Crippen LogP contribution < -0.4 is 0 Å². The summed E-state index contributed by atoms with van der Waals surface area (Å²) in [5, 5.41) is 0. The standard InChI is InChI=1S/C8H18N2.C8H17N.C7H15NO.C7H15N.4C2H6/c1-8(2)10-6-4-9(3)5-7-10;1-8(2)9-6-4-3-5-7-9;1-7(2)8-3-5-9-6-4-8;1-7(2)8-5-3-4-6-8;4*1-2/h8H,4-7H2,1-3H3;8H,3-7H2,1-2H3;7H,3-6H2,1-2H3;7H,3-6H2,1-2H3;4*1-2H3. The Labute approximate surface area is 281 Å². The summed E-state index contributed by atoms with van der Waals surface area (Å²) in [5.41, 5.74) is 0. The van der Waals surface area contributed by atoms with Crippen LogP contribution in [0.5, 0.6) is 0 Å². The number of likely N-dealkylation sites (tertiary alicyclic amines) is 2. The van der Waals surface area contributed by atoms with E-state index < -0.39 is 0 Å². The Kier molecular flexibility index (Phi) is 42.8. The van der Waals surface area contributed by atoms with E-state index in [0.29, 0.717) is 6.04 Å². The highest BCUT2D eigenvalue weighted by Crippen LogP contribution is 2.11. The number of hydrogen-bond acceptors (Lipinski definition) is 6. The summed E-state index contributed by atoms with van der Waals surface area (Å²) in [7, 11) is 2.19. The zero-order valence-corrected chi connectivity index (χ0v) is 34.0. The lowest BCUT2D eigenvalue weighted by Gasteiger charge is -2.34. The summed E-state index contributed by atoms with van der Waals surface area (Å²) < 4.78 is 5.21. The summed E-state index contributed by atoms with van der Waals surface area (Å²) in [5.74, 6) is 0. The molecule has 272 valence electrons. The first-order chi connectivity index (χ1) is 21.1. The molecule has 4 heterocycles. The molecule has 0 saturated carbocycles. The lowest BCUT2D eigenvalue weighted by molar-refractivity contribution is 0.0238. The average molecular weight is 632 g/mol. The Morgan fingerprint density at radius 2 is 0.591 bits per heavy atom. The molecule has 4 saturated heterocycles. The van der Waals surface area contributed by atoms with E-state index in [9.17, 15) is 0 Å². The van der Waals surface area contributed by atoms with Crippen molar-refractivity contribution in [2.75, 3.05) is 85.7 Å². The van der Waals surface area contributed by atoms with Crippen molar-refractivity contribution < 1.29 is 4.74 Å². The third-order valence-corrected chi connectivity index (χ3v) is 8.04. The predicted octanol–water partition coefficient (Wildman–Crippen LogP) is 8.85. The van der Waals surface area contributed by atoms with Crippen LogP contribution in [0.4, 0.5) is 0 Å². The molecule has 4 aliphatic heterocycles. The Balaban J connectivity index is -0.000000225. The first kappa shape index (κ1) is 50.6. The van der Waals surface area contributed by atoms with Gasteiger partial charge in [0.2, 0.25) is 0 Å². The molecule has 0 aromatic rings. The highest BCUT2D eigenvalue weighted by molar-refractivity contribution is 4.72. The minimum Gasteiger partial charge on any atom is -0.379 e. The number of likely N-dealkylation sites (N-methyl/N-ethyl adjacent to an activating group) is 1. The van der Waals surface area contributed by atoms with E-state index in [2.05, 4.69) is 86.9 Å². The molecule has 0 atom stereocenters. The molecule has 6 nitrogen and oxygen atoms in total. The summed E-state index contributed by atoms with van der Waals surface area (Å²) in [6.07, 6.45) is 7.11. The van der Waals surface area contributed by atoms with Crippen LogP contribution in [0, 0.1) is 0 Å². The maximum Gasteiger partial charge on any atom is 0.0594 e. The van der Waals surface area contributed by atoms with Gasteiger partial charge in [0.25, 0.3) is 0 Å². The smallest absolute Gasteiger partial charge is 0.0594 e. The van der Waals surface area contributed by atoms with Crippen LogP contribution in [0.3, 0.4) is 0 Å². The van der Waals surface area contributed by atoms with Gasteiger partial charge in [-0.15, -0.1) is 0 Å². The molecular weight excluding hydrogens is 542 g/mol. The molecule has 6 heteroatoms. The second-order valence-corrected chi connectivity index (χ2v) is 12.2. The lowest BCUT2D eigenvalue weighted by Crippen LogP contribution is -2.47. The van der Waals surface area contributed by atoms with E-state index in [0.717, 1.165) is 44.4 Å². The van der Waals surface area contributed by atoms with Gasteiger partial charge < -0.3 is 19.4 Å². The molecule has 0 aliphatic carbocycles.